The lowest BCUT2D eigenvalue weighted by molar-refractivity contribution is 0.429. The van der Waals surface area contributed by atoms with Gasteiger partial charge in [0.15, 0.2) is 0 Å². The Bertz CT molecular complexity index is 295. The second kappa shape index (κ2) is 3.03. The van der Waals surface area contributed by atoms with E-state index < -0.39 is 0 Å². The molecule has 3 heteroatoms. The van der Waals surface area contributed by atoms with Crippen molar-refractivity contribution in [2.24, 2.45) is 5.73 Å². The van der Waals surface area contributed by atoms with Gasteiger partial charge in [-0.15, -0.1) is 0 Å². The van der Waals surface area contributed by atoms with E-state index in [0.29, 0.717) is 5.56 Å². The third-order valence-corrected chi connectivity index (χ3v) is 1.85. The average Bonchev–Trinajstić information content (AvgIpc) is 1.97. The van der Waals surface area contributed by atoms with Crippen LogP contribution >= 0.6 is 0 Å². The van der Waals surface area contributed by atoms with Crippen molar-refractivity contribution in [2.45, 2.75) is 19.9 Å². The van der Waals surface area contributed by atoms with Crippen molar-refractivity contribution in [3.05, 3.63) is 23.3 Å². The maximum absolute atomic E-state index is 9.51. The summed E-state index contributed by atoms with van der Waals surface area (Å²) in [6.45, 7) is 3.48. The number of aromatic hydroxyl groups is 2. The van der Waals surface area contributed by atoms with Gasteiger partial charge in [0.05, 0.1) is 5.56 Å². The SMILES string of the molecule is Cc1ccc(O)c(C(C)N)c1O. The Hall–Kier alpha value is -1.22. The van der Waals surface area contributed by atoms with E-state index in [2.05, 4.69) is 0 Å². The molecular weight excluding hydrogens is 154 g/mol. The van der Waals surface area contributed by atoms with Gasteiger partial charge in [0.1, 0.15) is 11.5 Å². The summed E-state index contributed by atoms with van der Waals surface area (Å²) in [5.74, 6) is 0.137. The summed E-state index contributed by atoms with van der Waals surface area (Å²) in [5, 5.41) is 18.9. The second-order valence-corrected chi connectivity index (χ2v) is 2.95. The smallest absolute Gasteiger partial charge is 0.126 e. The number of hydrogen-bond acceptors (Lipinski definition) is 3. The number of phenolic OH excluding ortho intramolecular Hbond substituents is 2. The number of rotatable bonds is 1. The monoisotopic (exact) mass is 167 g/mol. The Kier molecular flexibility index (Phi) is 2.24. The molecule has 0 heterocycles. The van der Waals surface area contributed by atoms with Gasteiger partial charge in [0.25, 0.3) is 0 Å². The first-order valence-electron chi connectivity index (χ1n) is 3.81. The Morgan fingerprint density at radius 1 is 1.33 bits per heavy atom. The third-order valence-electron chi connectivity index (χ3n) is 1.85. The van der Waals surface area contributed by atoms with Gasteiger partial charge in [0, 0.05) is 6.04 Å². The number of hydrogen-bond donors (Lipinski definition) is 3. The largest absolute Gasteiger partial charge is 0.507 e. The first-order chi connectivity index (χ1) is 5.54. The highest BCUT2D eigenvalue weighted by molar-refractivity contribution is 5.49. The fraction of sp³-hybridized carbons (Fsp3) is 0.333. The van der Waals surface area contributed by atoms with Crippen molar-refractivity contribution in [1.82, 2.24) is 0 Å². The van der Waals surface area contributed by atoms with Crippen LogP contribution in [0.5, 0.6) is 11.5 Å². The van der Waals surface area contributed by atoms with Gasteiger partial charge < -0.3 is 15.9 Å². The highest BCUT2D eigenvalue weighted by atomic mass is 16.3. The first-order valence-corrected chi connectivity index (χ1v) is 3.81. The van der Waals surface area contributed by atoms with E-state index in [1.807, 2.05) is 0 Å². The molecule has 12 heavy (non-hydrogen) atoms. The van der Waals surface area contributed by atoms with Crippen LogP contribution < -0.4 is 5.73 Å². The summed E-state index contributed by atoms with van der Waals surface area (Å²) in [4.78, 5) is 0. The highest BCUT2D eigenvalue weighted by Crippen LogP contribution is 2.33. The van der Waals surface area contributed by atoms with E-state index in [9.17, 15) is 10.2 Å². The lowest BCUT2D eigenvalue weighted by atomic mass is 10.0. The van der Waals surface area contributed by atoms with E-state index in [0.717, 1.165) is 5.56 Å². The number of nitrogens with two attached hydrogens (primary N) is 1. The summed E-state index contributed by atoms with van der Waals surface area (Å²) in [5.41, 5.74) is 6.70. The molecule has 1 rings (SSSR count). The van der Waals surface area contributed by atoms with Crippen molar-refractivity contribution in [3.63, 3.8) is 0 Å². The predicted molar refractivity (Wildman–Crippen MR) is 47.1 cm³/mol. The van der Waals surface area contributed by atoms with Gasteiger partial charge in [0.2, 0.25) is 0 Å². The molecule has 1 aromatic rings. The highest BCUT2D eigenvalue weighted by Gasteiger charge is 2.12. The molecule has 0 saturated heterocycles. The molecule has 0 aromatic heterocycles. The van der Waals surface area contributed by atoms with Crippen LogP contribution in [0.2, 0.25) is 0 Å². The van der Waals surface area contributed by atoms with Crippen LogP contribution in [0.15, 0.2) is 12.1 Å². The van der Waals surface area contributed by atoms with Gasteiger partial charge in [-0.25, -0.2) is 0 Å². The molecule has 1 unspecified atom stereocenters. The van der Waals surface area contributed by atoms with Gasteiger partial charge in [-0.1, -0.05) is 6.07 Å². The fourth-order valence-corrected chi connectivity index (χ4v) is 1.16. The van der Waals surface area contributed by atoms with Crippen molar-refractivity contribution in [3.8, 4) is 11.5 Å². The maximum atomic E-state index is 9.51. The summed E-state index contributed by atoms with van der Waals surface area (Å²) >= 11 is 0. The lowest BCUT2D eigenvalue weighted by Crippen LogP contribution is -2.05. The van der Waals surface area contributed by atoms with Crippen molar-refractivity contribution >= 4 is 0 Å². The first kappa shape index (κ1) is 8.87. The Balaban J connectivity index is 3.33. The summed E-state index contributed by atoms with van der Waals surface area (Å²) in [6.07, 6.45) is 0. The van der Waals surface area contributed by atoms with Crippen molar-refractivity contribution in [1.29, 1.82) is 0 Å². The zero-order valence-electron chi connectivity index (χ0n) is 7.20. The van der Waals surface area contributed by atoms with E-state index >= 15 is 0 Å². The zero-order chi connectivity index (χ0) is 9.30. The van der Waals surface area contributed by atoms with E-state index in [4.69, 9.17) is 5.73 Å². The third kappa shape index (κ3) is 1.36. The number of phenols is 2. The van der Waals surface area contributed by atoms with Crippen molar-refractivity contribution in [2.75, 3.05) is 0 Å². The molecule has 0 aliphatic heterocycles. The molecule has 4 N–H and O–H groups in total. The molecule has 0 aliphatic rings. The minimum atomic E-state index is -0.357. The molecule has 1 aromatic carbocycles. The Morgan fingerprint density at radius 2 is 1.92 bits per heavy atom. The van der Waals surface area contributed by atoms with Gasteiger partial charge in [-0.3, -0.25) is 0 Å². The summed E-state index contributed by atoms with van der Waals surface area (Å²) in [7, 11) is 0. The average molecular weight is 167 g/mol. The molecule has 0 fully saturated rings. The Labute approximate surface area is 71.5 Å². The number of benzene rings is 1. The van der Waals surface area contributed by atoms with Crippen LogP contribution in [0.25, 0.3) is 0 Å². The molecule has 66 valence electrons. The van der Waals surface area contributed by atoms with E-state index in [1.165, 1.54) is 6.07 Å². The molecule has 0 radical (unpaired) electrons. The van der Waals surface area contributed by atoms with Crippen molar-refractivity contribution < 1.29 is 10.2 Å². The normalized spacial score (nSPS) is 12.9. The van der Waals surface area contributed by atoms with Gasteiger partial charge in [-0.05, 0) is 25.5 Å². The molecule has 1 atom stereocenters. The molecular formula is C9H13NO2. The number of aryl methyl sites for hydroxylation is 1. The molecule has 0 bridgehead atoms. The summed E-state index contributed by atoms with van der Waals surface area (Å²) < 4.78 is 0. The molecule has 0 saturated carbocycles. The molecule has 0 aliphatic carbocycles. The van der Waals surface area contributed by atoms with Crippen LogP contribution in [0.4, 0.5) is 0 Å². The molecule has 0 amide bonds. The minimum absolute atomic E-state index is 0.0492. The second-order valence-electron chi connectivity index (χ2n) is 2.95. The van der Waals surface area contributed by atoms with Crippen LogP contribution in [0.1, 0.15) is 24.1 Å². The lowest BCUT2D eigenvalue weighted by Gasteiger charge is -2.11. The summed E-state index contributed by atoms with van der Waals surface area (Å²) in [6, 6.07) is 2.83. The fourth-order valence-electron chi connectivity index (χ4n) is 1.16. The van der Waals surface area contributed by atoms with Crippen LogP contribution in [0, 0.1) is 6.92 Å². The van der Waals surface area contributed by atoms with Gasteiger partial charge in [-0.2, -0.15) is 0 Å². The maximum Gasteiger partial charge on any atom is 0.126 e. The van der Waals surface area contributed by atoms with E-state index in [1.54, 1.807) is 19.9 Å². The topological polar surface area (TPSA) is 66.5 Å². The van der Waals surface area contributed by atoms with Gasteiger partial charge >= 0.3 is 0 Å². The predicted octanol–water partition coefficient (Wildman–Crippen LogP) is 1.43. The zero-order valence-corrected chi connectivity index (χ0v) is 7.20. The molecule has 0 spiro atoms. The van der Waals surface area contributed by atoms with Crippen LogP contribution in [-0.4, -0.2) is 10.2 Å². The Morgan fingerprint density at radius 3 is 2.33 bits per heavy atom. The van der Waals surface area contributed by atoms with Crippen LogP contribution in [-0.2, 0) is 0 Å². The quantitative estimate of drug-likeness (QED) is 0.592. The molecule has 3 nitrogen and oxygen atoms in total. The minimum Gasteiger partial charge on any atom is -0.507 e. The standard InChI is InChI=1S/C9H13NO2/c1-5-3-4-7(11)8(6(2)10)9(5)12/h3-4,6,11-12H,10H2,1-2H3. The van der Waals surface area contributed by atoms with E-state index in [-0.39, 0.29) is 17.5 Å². The van der Waals surface area contributed by atoms with Crippen LogP contribution in [0.3, 0.4) is 0 Å².